The third-order valence-corrected chi connectivity index (χ3v) is 3.21. The van der Waals surface area contributed by atoms with Crippen LogP contribution >= 0.6 is 0 Å². The normalized spacial score (nSPS) is 15.3. The van der Waals surface area contributed by atoms with Crippen LogP contribution in [0.1, 0.15) is 20.8 Å². The molecule has 0 spiro atoms. The van der Waals surface area contributed by atoms with Gasteiger partial charge in [0.05, 0.1) is 12.2 Å². The quantitative estimate of drug-likeness (QED) is 0.769. The molecule has 26 heavy (non-hydrogen) atoms. The van der Waals surface area contributed by atoms with Crippen LogP contribution in [0.15, 0.2) is 54.7 Å². The Morgan fingerprint density at radius 3 is 2.35 bits per heavy atom. The second-order valence-corrected chi connectivity index (χ2v) is 6.62. The molecule has 1 unspecified atom stereocenters. The van der Waals surface area contributed by atoms with Gasteiger partial charge in [-0.3, -0.25) is 4.79 Å². The first-order valence-electron chi connectivity index (χ1n) is 8.34. The highest BCUT2D eigenvalue weighted by Crippen LogP contribution is 2.22. The van der Waals surface area contributed by atoms with Gasteiger partial charge >= 0.3 is 6.09 Å². The molecular formula is C19H24N4O3. The third-order valence-electron chi connectivity index (χ3n) is 3.21. The molecule has 0 saturated heterocycles. The van der Waals surface area contributed by atoms with E-state index < -0.39 is 17.7 Å². The van der Waals surface area contributed by atoms with Gasteiger partial charge in [-0.05, 0) is 32.9 Å². The minimum atomic E-state index is -0.579. The van der Waals surface area contributed by atoms with E-state index in [4.69, 9.17) is 4.74 Å². The molecule has 2 heterocycles. The van der Waals surface area contributed by atoms with Crippen LogP contribution in [0.4, 0.5) is 16.3 Å². The van der Waals surface area contributed by atoms with E-state index in [1.807, 2.05) is 36.4 Å². The number of carbonyl (C=O) groups is 2. The maximum Gasteiger partial charge on any atom is 0.407 e. The Bertz CT molecular complexity index is 702. The van der Waals surface area contributed by atoms with Crippen molar-refractivity contribution in [1.29, 1.82) is 0 Å². The molecule has 1 atom stereocenters. The fourth-order valence-electron chi connectivity index (χ4n) is 2.10. The molecule has 0 saturated carbocycles. The Hall–Kier alpha value is -3.09. The second-order valence-electron chi connectivity index (χ2n) is 6.62. The number of nitrogens with one attached hydrogen (secondary N) is 3. The van der Waals surface area contributed by atoms with E-state index in [1.165, 1.54) is 0 Å². The van der Waals surface area contributed by atoms with Crippen LogP contribution < -0.4 is 16.0 Å². The lowest BCUT2D eigenvalue weighted by Gasteiger charge is -2.26. The predicted octanol–water partition coefficient (Wildman–Crippen LogP) is 3.03. The van der Waals surface area contributed by atoms with Gasteiger partial charge < -0.3 is 20.7 Å². The average molecular weight is 356 g/mol. The van der Waals surface area contributed by atoms with Gasteiger partial charge in [0.1, 0.15) is 17.5 Å². The molecule has 3 N–H and O–H groups in total. The number of amides is 2. The number of anilines is 2. The molecule has 2 aromatic rings. The predicted molar refractivity (Wildman–Crippen MR) is 101 cm³/mol. The van der Waals surface area contributed by atoms with Crippen LogP contribution in [0, 0.1) is 0 Å². The number of hydrogen-bond donors (Lipinski definition) is 3. The first kappa shape index (κ1) is 19.2. The van der Waals surface area contributed by atoms with Crippen LogP contribution in [0.2, 0.25) is 0 Å². The van der Waals surface area contributed by atoms with Gasteiger partial charge in [0, 0.05) is 6.20 Å². The van der Waals surface area contributed by atoms with Crippen molar-refractivity contribution in [3.05, 3.63) is 54.7 Å². The SMILES string of the molecule is CC(C)(C)OC(=O)NCC1Nc2ncccc2NC1=O.c1ccccc1. The maximum absolute atomic E-state index is 11.9. The molecular weight excluding hydrogens is 332 g/mol. The molecule has 0 bridgehead atoms. The standard InChI is InChI=1S/C13H18N4O3.C6H6/c1-13(2,3)20-12(19)15-7-9-11(18)17-8-5-4-6-14-10(8)16-9;1-2-4-6-5-3-1/h4-6,9H,7H2,1-3H3,(H,14,16)(H,15,19)(H,17,18);1-6H. The Kier molecular flexibility index (Phi) is 6.54. The molecule has 3 rings (SSSR count). The topological polar surface area (TPSA) is 92.3 Å². The zero-order valence-electron chi connectivity index (χ0n) is 15.2. The van der Waals surface area contributed by atoms with E-state index in [2.05, 4.69) is 20.9 Å². The Balaban J connectivity index is 0.000000342. The minimum absolute atomic E-state index is 0.122. The number of nitrogens with zero attached hydrogens (tertiary/aromatic N) is 1. The van der Waals surface area contributed by atoms with E-state index in [0.717, 1.165) is 0 Å². The van der Waals surface area contributed by atoms with E-state index in [-0.39, 0.29) is 12.5 Å². The molecule has 138 valence electrons. The Morgan fingerprint density at radius 1 is 1.15 bits per heavy atom. The van der Waals surface area contributed by atoms with E-state index in [1.54, 1.807) is 39.1 Å². The summed E-state index contributed by atoms with van der Waals surface area (Å²) in [4.78, 5) is 27.5. The summed E-state index contributed by atoms with van der Waals surface area (Å²) in [5, 5.41) is 8.26. The Morgan fingerprint density at radius 2 is 1.77 bits per heavy atom. The van der Waals surface area contributed by atoms with Gasteiger partial charge in [-0.2, -0.15) is 0 Å². The summed E-state index contributed by atoms with van der Waals surface area (Å²) < 4.78 is 5.11. The lowest BCUT2D eigenvalue weighted by Crippen LogP contribution is -2.47. The van der Waals surface area contributed by atoms with Crippen molar-refractivity contribution in [2.75, 3.05) is 17.2 Å². The summed E-state index contributed by atoms with van der Waals surface area (Å²) in [5.74, 6) is 0.365. The van der Waals surface area contributed by atoms with Crippen LogP contribution in [0.5, 0.6) is 0 Å². The largest absolute Gasteiger partial charge is 0.444 e. The van der Waals surface area contributed by atoms with Gasteiger partial charge in [-0.15, -0.1) is 0 Å². The highest BCUT2D eigenvalue weighted by molar-refractivity contribution is 6.02. The summed E-state index contributed by atoms with van der Waals surface area (Å²) in [7, 11) is 0. The number of rotatable bonds is 2. The summed E-state index contributed by atoms with van der Waals surface area (Å²) in [6.45, 7) is 5.45. The zero-order valence-corrected chi connectivity index (χ0v) is 15.2. The first-order chi connectivity index (χ1) is 12.3. The number of benzene rings is 1. The molecule has 1 aliphatic heterocycles. The van der Waals surface area contributed by atoms with Gasteiger partial charge in [0.2, 0.25) is 5.91 Å². The van der Waals surface area contributed by atoms with Crippen molar-refractivity contribution in [1.82, 2.24) is 10.3 Å². The number of aromatic nitrogens is 1. The fraction of sp³-hybridized carbons (Fsp3) is 0.316. The number of ether oxygens (including phenoxy) is 1. The molecule has 7 heteroatoms. The third kappa shape index (κ3) is 6.43. The second kappa shape index (κ2) is 8.84. The molecule has 0 aliphatic carbocycles. The van der Waals surface area contributed by atoms with Crippen molar-refractivity contribution < 1.29 is 14.3 Å². The van der Waals surface area contributed by atoms with Crippen LogP contribution in [-0.4, -0.2) is 35.2 Å². The highest BCUT2D eigenvalue weighted by Gasteiger charge is 2.27. The van der Waals surface area contributed by atoms with Crippen molar-refractivity contribution in [2.24, 2.45) is 0 Å². The highest BCUT2D eigenvalue weighted by atomic mass is 16.6. The van der Waals surface area contributed by atoms with Crippen LogP contribution in [0.25, 0.3) is 0 Å². The zero-order chi connectivity index (χ0) is 19.0. The number of pyridine rings is 1. The number of alkyl carbamates (subject to hydrolysis) is 1. The lowest BCUT2D eigenvalue weighted by atomic mass is 10.2. The molecule has 1 aromatic heterocycles. The summed E-state index contributed by atoms with van der Waals surface area (Å²) in [6, 6.07) is 14.9. The Labute approximate surface area is 153 Å². The van der Waals surface area contributed by atoms with Crippen LogP contribution in [0.3, 0.4) is 0 Å². The van der Waals surface area contributed by atoms with Crippen molar-refractivity contribution in [2.45, 2.75) is 32.4 Å². The molecule has 0 radical (unpaired) electrons. The number of fused-ring (bicyclic) bond motifs is 1. The average Bonchev–Trinajstić information content (AvgIpc) is 2.60. The van der Waals surface area contributed by atoms with Gasteiger partial charge in [-0.1, -0.05) is 36.4 Å². The lowest BCUT2D eigenvalue weighted by molar-refractivity contribution is -0.117. The van der Waals surface area contributed by atoms with Gasteiger partial charge in [0.25, 0.3) is 0 Å². The molecule has 7 nitrogen and oxygen atoms in total. The summed E-state index contributed by atoms with van der Waals surface area (Å²) >= 11 is 0. The van der Waals surface area contributed by atoms with Gasteiger partial charge in [-0.25, -0.2) is 9.78 Å². The molecule has 1 aromatic carbocycles. The van der Waals surface area contributed by atoms with Crippen molar-refractivity contribution >= 4 is 23.5 Å². The smallest absolute Gasteiger partial charge is 0.407 e. The monoisotopic (exact) mass is 356 g/mol. The van der Waals surface area contributed by atoms with E-state index in [0.29, 0.717) is 11.5 Å². The number of carbonyl (C=O) groups excluding carboxylic acids is 2. The fourth-order valence-corrected chi connectivity index (χ4v) is 2.10. The summed E-state index contributed by atoms with van der Waals surface area (Å²) in [5.41, 5.74) is 0.0616. The van der Waals surface area contributed by atoms with Crippen LogP contribution in [-0.2, 0) is 9.53 Å². The van der Waals surface area contributed by atoms with Gasteiger partial charge in [0.15, 0.2) is 0 Å². The van der Waals surface area contributed by atoms with Crippen molar-refractivity contribution in [3.8, 4) is 0 Å². The first-order valence-corrected chi connectivity index (χ1v) is 8.34. The minimum Gasteiger partial charge on any atom is -0.444 e. The van der Waals surface area contributed by atoms with Crippen molar-refractivity contribution in [3.63, 3.8) is 0 Å². The van der Waals surface area contributed by atoms with E-state index >= 15 is 0 Å². The van der Waals surface area contributed by atoms with E-state index in [9.17, 15) is 9.59 Å². The molecule has 2 amide bonds. The molecule has 0 fully saturated rings. The molecule has 1 aliphatic rings. The summed E-state index contributed by atoms with van der Waals surface area (Å²) in [6.07, 6.45) is 1.07. The number of hydrogen-bond acceptors (Lipinski definition) is 5. The maximum atomic E-state index is 11.9.